The Morgan fingerprint density at radius 2 is 1.68 bits per heavy atom. The minimum Gasteiger partial charge on any atom is -0.481 e. The molecular formula is C15H14F4N4O7S. The summed E-state index contributed by atoms with van der Waals surface area (Å²) in [5, 5.41) is 11.0. The van der Waals surface area contributed by atoms with E-state index >= 15 is 0 Å². The van der Waals surface area contributed by atoms with Gasteiger partial charge in [-0.2, -0.15) is 27.5 Å². The number of amides is 2. The molecule has 1 aromatic heterocycles. The molecule has 0 saturated carbocycles. The van der Waals surface area contributed by atoms with Crippen molar-refractivity contribution in [1.82, 2.24) is 14.7 Å². The number of ether oxygens (including phenoxy) is 2. The summed E-state index contributed by atoms with van der Waals surface area (Å²) >= 11 is 0. The second kappa shape index (κ2) is 9.15. The van der Waals surface area contributed by atoms with Crippen LogP contribution in [0.4, 0.5) is 28.3 Å². The first kappa shape index (κ1) is 23.8. The molecule has 0 radical (unpaired) electrons. The zero-order valence-electron chi connectivity index (χ0n) is 15.3. The number of carbonyl (C=O) groups is 2. The Labute approximate surface area is 171 Å². The van der Waals surface area contributed by atoms with Crippen LogP contribution in [0.2, 0.25) is 0 Å². The molecule has 3 N–H and O–H groups in total. The Morgan fingerprint density at radius 1 is 1.13 bits per heavy atom. The molecule has 31 heavy (non-hydrogen) atoms. The number of nitrogens with zero attached hydrogens (tertiary/aromatic N) is 2. The quantitative estimate of drug-likeness (QED) is 0.481. The van der Waals surface area contributed by atoms with Crippen LogP contribution < -0.4 is 19.5 Å². The Hall–Kier alpha value is -3.43. The Bertz CT molecular complexity index is 990. The monoisotopic (exact) mass is 470 g/mol. The number of hydrogen-bond acceptors (Lipinski definition) is 8. The van der Waals surface area contributed by atoms with E-state index in [9.17, 15) is 40.7 Å². The number of carboxylic acids is 1. The van der Waals surface area contributed by atoms with Gasteiger partial charge in [-0.05, 0) is 6.92 Å². The lowest BCUT2D eigenvalue weighted by molar-refractivity contribution is -0.140. The lowest BCUT2D eigenvalue weighted by atomic mass is 9.89. The fraction of sp³-hybridized carbons (Fsp3) is 0.333. The van der Waals surface area contributed by atoms with E-state index < -0.39 is 63.6 Å². The van der Waals surface area contributed by atoms with Crippen LogP contribution in [0, 0.1) is 5.92 Å². The SMILES string of the molecule is CC1(S(=O)(=O)NC(=O)Nc2nc(OC(F)F)cc(OC(F)F)n2)C=CC=CC1C(=O)O. The molecule has 0 aromatic carbocycles. The molecule has 1 aromatic rings. The van der Waals surface area contributed by atoms with Crippen molar-refractivity contribution in [1.29, 1.82) is 0 Å². The maximum absolute atomic E-state index is 12.6. The van der Waals surface area contributed by atoms with Gasteiger partial charge in [0.15, 0.2) is 0 Å². The van der Waals surface area contributed by atoms with E-state index in [1.165, 1.54) is 16.9 Å². The molecule has 16 heteroatoms. The van der Waals surface area contributed by atoms with Crippen LogP contribution in [-0.4, -0.2) is 53.5 Å². The largest absolute Gasteiger partial charge is 0.481 e. The fourth-order valence-electron chi connectivity index (χ4n) is 2.42. The molecule has 0 saturated heterocycles. The van der Waals surface area contributed by atoms with E-state index in [4.69, 9.17) is 0 Å². The highest BCUT2D eigenvalue weighted by molar-refractivity contribution is 7.91. The van der Waals surface area contributed by atoms with Crippen molar-refractivity contribution in [3.05, 3.63) is 30.4 Å². The van der Waals surface area contributed by atoms with Crippen LogP contribution in [0.3, 0.4) is 0 Å². The highest BCUT2D eigenvalue weighted by atomic mass is 32.2. The van der Waals surface area contributed by atoms with Gasteiger partial charge in [0.05, 0.1) is 12.0 Å². The van der Waals surface area contributed by atoms with Gasteiger partial charge in [0, 0.05) is 0 Å². The average molecular weight is 470 g/mol. The van der Waals surface area contributed by atoms with E-state index in [0.717, 1.165) is 19.1 Å². The summed E-state index contributed by atoms with van der Waals surface area (Å²) in [4.78, 5) is 30.1. The fourth-order valence-corrected chi connectivity index (χ4v) is 3.71. The molecule has 1 aliphatic carbocycles. The number of halogens is 4. The van der Waals surface area contributed by atoms with Gasteiger partial charge in [-0.15, -0.1) is 0 Å². The molecular weight excluding hydrogens is 456 g/mol. The molecule has 0 bridgehead atoms. The Morgan fingerprint density at radius 3 is 2.16 bits per heavy atom. The van der Waals surface area contributed by atoms with Crippen molar-refractivity contribution in [2.24, 2.45) is 5.92 Å². The summed E-state index contributed by atoms with van der Waals surface area (Å²) < 4.78 is 82.1. The Kier molecular flexibility index (Phi) is 7.04. The molecule has 0 aliphatic heterocycles. The number of carboxylic acid groups (broad SMARTS) is 1. The van der Waals surface area contributed by atoms with Crippen molar-refractivity contribution in [2.45, 2.75) is 24.9 Å². The molecule has 0 fully saturated rings. The van der Waals surface area contributed by atoms with Crippen LogP contribution >= 0.6 is 0 Å². The summed E-state index contributed by atoms with van der Waals surface area (Å²) in [6.45, 7) is -5.77. The molecule has 2 rings (SSSR count). The minimum atomic E-state index is -4.69. The van der Waals surface area contributed by atoms with Gasteiger partial charge in [-0.3, -0.25) is 10.1 Å². The van der Waals surface area contributed by atoms with Crippen LogP contribution in [-0.2, 0) is 14.8 Å². The number of anilines is 1. The highest BCUT2D eigenvalue weighted by Gasteiger charge is 2.48. The maximum atomic E-state index is 12.6. The number of aliphatic carboxylic acids is 1. The van der Waals surface area contributed by atoms with E-state index in [1.54, 1.807) is 5.32 Å². The van der Waals surface area contributed by atoms with E-state index in [1.807, 2.05) is 0 Å². The summed E-state index contributed by atoms with van der Waals surface area (Å²) in [5.41, 5.74) is 0. The third-order valence-corrected chi connectivity index (χ3v) is 5.86. The molecule has 2 amide bonds. The molecule has 170 valence electrons. The van der Waals surface area contributed by atoms with Gasteiger partial charge >= 0.3 is 25.2 Å². The summed E-state index contributed by atoms with van der Waals surface area (Å²) in [7, 11) is -4.69. The normalized spacial score (nSPS) is 20.5. The first-order chi connectivity index (χ1) is 14.3. The van der Waals surface area contributed by atoms with Gasteiger partial charge in [0.1, 0.15) is 4.75 Å². The first-order valence-electron chi connectivity index (χ1n) is 8.05. The Balaban J connectivity index is 2.25. The highest BCUT2D eigenvalue weighted by Crippen LogP contribution is 2.32. The van der Waals surface area contributed by atoms with Gasteiger partial charge in [-0.25, -0.2) is 17.9 Å². The van der Waals surface area contributed by atoms with Crippen LogP contribution in [0.25, 0.3) is 0 Å². The molecule has 1 aliphatic rings. The number of aromatic nitrogens is 2. The number of sulfonamides is 1. The number of rotatable bonds is 8. The zero-order chi connectivity index (χ0) is 23.4. The van der Waals surface area contributed by atoms with Crippen molar-refractivity contribution < 1.29 is 50.1 Å². The predicted octanol–water partition coefficient (Wildman–Crippen LogP) is 1.72. The van der Waals surface area contributed by atoms with Gasteiger partial charge in [-0.1, -0.05) is 24.3 Å². The number of urea groups is 1. The molecule has 1 heterocycles. The second-order valence-corrected chi connectivity index (χ2v) is 8.02. The number of hydrogen-bond donors (Lipinski definition) is 3. The smallest absolute Gasteiger partial charge is 0.388 e. The van der Waals surface area contributed by atoms with Crippen molar-refractivity contribution in [3.8, 4) is 11.8 Å². The average Bonchev–Trinajstić information content (AvgIpc) is 2.59. The first-order valence-corrected chi connectivity index (χ1v) is 9.53. The topological polar surface area (TPSA) is 157 Å². The minimum absolute atomic E-state index is 0.482. The van der Waals surface area contributed by atoms with Crippen LogP contribution in [0.5, 0.6) is 11.8 Å². The standard InChI is InChI=1S/C15H14F4N4O7S/c1-15(5-3-2-4-7(15)10(24)25)31(27,28)23-14(26)22-13-20-8(29-11(16)17)6-9(21-13)30-12(18)19/h2-7,11-12H,1H3,(H,24,25)(H2,20,21,22,23,26). The lowest BCUT2D eigenvalue weighted by Gasteiger charge is -2.31. The summed E-state index contributed by atoms with van der Waals surface area (Å²) in [6, 6.07) is -1.05. The number of carbonyl (C=O) groups excluding carboxylic acids is 1. The van der Waals surface area contributed by atoms with Gasteiger partial charge in [0.25, 0.3) is 0 Å². The zero-order valence-corrected chi connectivity index (χ0v) is 16.1. The second-order valence-electron chi connectivity index (χ2n) is 5.93. The number of alkyl halides is 4. The molecule has 2 atom stereocenters. The molecule has 2 unspecified atom stereocenters. The van der Waals surface area contributed by atoms with E-state index in [2.05, 4.69) is 19.4 Å². The van der Waals surface area contributed by atoms with E-state index in [-0.39, 0.29) is 0 Å². The molecule has 11 nitrogen and oxygen atoms in total. The van der Waals surface area contributed by atoms with Crippen molar-refractivity contribution >= 4 is 28.0 Å². The number of allylic oxidation sites excluding steroid dienone is 2. The molecule has 0 spiro atoms. The van der Waals surface area contributed by atoms with Crippen molar-refractivity contribution in [3.63, 3.8) is 0 Å². The third-order valence-electron chi connectivity index (χ3n) is 3.86. The maximum Gasteiger partial charge on any atom is 0.388 e. The van der Waals surface area contributed by atoms with Crippen molar-refractivity contribution in [2.75, 3.05) is 5.32 Å². The van der Waals surface area contributed by atoms with E-state index in [0.29, 0.717) is 6.07 Å². The van der Waals surface area contributed by atoms with Crippen LogP contribution in [0.1, 0.15) is 6.92 Å². The predicted molar refractivity (Wildman–Crippen MR) is 94.2 cm³/mol. The van der Waals surface area contributed by atoms with Crippen LogP contribution in [0.15, 0.2) is 30.4 Å². The summed E-state index contributed by atoms with van der Waals surface area (Å²) in [6.07, 6.45) is 4.72. The van der Waals surface area contributed by atoms with Gasteiger partial charge in [0.2, 0.25) is 27.7 Å². The van der Waals surface area contributed by atoms with Gasteiger partial charge < -0.3 is 14.6 Å². The third kappa shape index (κ3) is 5.80. The summed E-state index contributed by atoms with van der Waals surface area (Å²) in [5.74, 6) is -5.87. The lowest BCUT2D eigenvalue weighted by Crippen LogP contribution is -2.52. The number of nitrogens with one attached hydrogen (secondary N) is 2.